The van der Waals surface area contributed by atoms with Gasteiger partial charge in [-0.2, -0.15) is 0 Å². The smallest absolute Gasteiger partial charge is 0.269 e. The lowest BCUT2D eigenvalue weighted by Crippen LogP contribution is -2.13. The first-order valence-corrected chi connectivity index (χ1v) is 8.77. The van der Waals surface area contributed by atoms with Gasteiger partial charge < -0.3 is 10.1 Å². The van der Waals surface area contributed by atoms with E-state index in [2.05, 4.69) is 5.32 Å². The van der Waals surface area contributed by atoms with Crippen LogP contribution in [0.4, 0.5) is 11.4 Å². The number of nitro groups is 1. The molecule has 0 atom stereocenters. The minimum atomic E-state index is -0.462. The summed E-state index contributed by atoms with van der Waals surface area (Å²) in [6, 6.07) is 19.3. The fourth-order valence-electron chi connectivity index (χ4n) is 2.65. The molecule has 0 heterocycles. The number of benzene rings is 3. The molecular weight excluding hydrogens is 356 g/mol. The van der Waals surface area contributed by atoms with Gasteiger partial charge in [0.1, 0.15) is 12.4 Å². The Labute approximate surface area is 162 Å². The summed E-state index contributed by atoms with van der Waals surface area (Å²) in [6.07, 6.45) is 0. The maximum atomic E-state index is 12.4. The van der Waals surface area contributed by atoms with Crippen molar-refractivity contribution in [3.63, 3.8) is 0 Å². The Hall–Kier alpha value is -3.67. The lowest BCUT2D eigenvalue weighted by atomic mass is 10.1. The molecule has 0 unspecified atom stereocenters. The third kappa shape index (κ3) is 4.73. The van der Waals surface area contributed by atoms with Gasteiger partial charge in [0.25, 0.3) is 11.6 Å². The molecule has 0 aromatic heterocycles. The molecule has 0 saturated carbocycles. The van der Waals surface area contributed by atoms with Crippen molar-refractivity contribution in [3.05, 3.63) is 99.1 Å². The van der Waals surface area contributed by atoms with Crippen LogP contribution in [0.25, 0.3) is 0 Å². The van der Waals surface area contributed by atoms with E-state index < -0.39 is 4.92 Å². The number of amides is 1. The lowest BCUT2D eigenvalue weighted by Gasteiger charge is -2.10. The number of ether oxygens (including phenoxy) is 1. The maximum absolute atomic E-state index is 12.4. The second-order valence-corrected chi connectivity index (χ2v) is 6.51. The summed E-state index contributed by atoms with van der Waals surface area (Å²) >= 11 is 0. The SMILES string of the molecule is Cc1ccc(OCc2ccc(C(=O)Nc3ccc([N+](=O)[O-])cc3C)cc2)cc1. The quantitative estimate of drug-likeness (QED) is 0.482. The number of anilines is 1. The molecule has 1 amide bonds. The Bertz CT molecular complexity index is 996. The molecule has 6 nitrogen and oxygen atoms in total. The standard InChI is InChI=1S/C22H20N2O4/c1-15-3-10-20(11-4-15)28-14-17-5-7-18(8-6-17)22(25)23-21-12-9-19(24(26)27)13-16(21)2/h3-13H,14H2,1-2H3,(H,23,25). The van der Waals surface area contributed by atoms with Crippen LogP contribution in [0, 0.1) is 24.0 Å². The average Bonchev–Trinajstić information content (AvgIpc) is 2.69. The van der Waals surface area contributed by atoms with Crippen molar-refractivity contribution in [3.8, 4) is 5.75 Å². The summed E-state index contributed by atoms with van der Waals surface area (Å²) in [7, 11) is 0. The number of nitrogens with zero attached hydrogens (tertiary/aromatic N) is 1. The highest BCUT2D eigenvalue weighted by atomic mass is 16.6. The number of hydrogen-bond donors (Lipinski definition) is 1. The topological polar surface area (TPSA) is 81.5 Å². The Morgan fingerprint density at radius 2 is 1.68 bits per heavy atom. The molecule has 0 aliphatic heterocycles. The zero-order valence-corrected chi connectivity index (χ0v) is 15.6. The molecule has 0 aliphatic rings. The molecule has 0 radical (unpaired) electrons. The third-order valence-corrected chi connectivity index (χ3v) is 4.31. The largest absolute Gasteiger partial charge is 0.489 e. The summed E-state index contributed by atoms with van der Waals surface area (Å²) in [5.41, 5.74) is 3.79. The summed E-state index contributed by atoms with van der Waals surface area (Å²) in [5.74, 6) is 0.518. The number of non-ortho nitro benzene ring substituents is 1. The lowest BCUT2D eigenvalue weighted by molar-refractivity contribution is -0.384. The van der Waals surface area contributed by atoms with Gasteiger partial charge in [-0.15, -0.1) is 0 Å². The van der Waals surface area contributed by atoms with Crippen LogP contribution in [0.1, 0.15) is 27.0 Å². The number of nitrogens with one attached hydrogen (secondary N) is 1. The van der Waals surface area contributed by atoms with E-state index in [1.165, 1.54) is 23.8 Å². The van der Waals surface area contributed by atoms with Crippen LogP contribution < -0.4 is 10.1 Å². The first-order valence-electron chi connectivity index (χ1n) is 8.77. The van der Waals surface area contributed by atoms with Gasteiger partial charge >= 0.3 is 0 Å². The molecular formula is C22H20N2O4. The second kappa shape index (κ2) is 8.35. The molecule has 3 aromatic rings. The highest BCUT2D eigenvalue weighted by Crippen LogP contribution is 2.22. The first-order chi connectivity index (χ1) is 13.4. The predicted octanol–water partition coefficient (Wildman–Crippen LogP) is 5.04. The second-order valence-electron chi connectivity index (χ2n) is 6.51. The van der Waals surface area contributed by atoms with Gasteiger partial charge in [-0.05, 0) is 55.3 Å². The van der Waals surface area contributed by atoms with Crippen molar-refractivity contribution < 1.29 is 14.5 Å². The van der Waals surface area contributed by atoms with Crippen molar-refractivity contribution in [1.29, 1.82) is 0 Å². The van der Waals surface area contributed by atoms with Gasteiger partial charge in [-0.1, -0.05) is 29.8 Å². The van der Waals surface area contributed by atoms with Crippen LogP contribution in [0.15, 0.2) is 66.7 Å². The molecule has 142 valence electrons. The monoisotopic (exact) mass is 376 g/mol. The van der Waals surface area contributed by atoms with Crippen molar-refractivity contribution in [1.82, 2.24) is 0 Å². The van der Waals surface area contributed by atoms with Crippen molar-refractivity contribution in [2.45, 2.75) is 20.5 Å². The average molecular weight is 376 g/mol. The van der Waals surface area contributed by atoms with Gasteiger partial charge in [0, 0.05) is 23.4 Å². The van der Waals surface area contributed by atoms with Crippen LogP contribution in [-0.4, -0.2) is 10.8 Å². The summed E-state index contributed by atoms with van der Waals surface area (Å²) in [6.45, 7) is 4.15. The molecule has 3 aromatic carbocycles. The van der Waals surface area contributed by atoms with Gasteiger partial charge in [-0.25, -0.2) is 0 Å². The Morgan fingerprint density at radius 1 is 1.00 bits per heavy atom. The molecule has 0 fully saturated rings. The summed E-state index contributed by atoms with van der Waals surface area (Å²) in [4.78, 5) is 22.8. The van der Waals surface area contributed by atoms with E-state index in [0.717, 1.165) is 11.3 Å². The molecule has 0 bridgehead atoms. The van der Waals surface area contributed by atoms with Gasteiger partial charge in [0.05, 0.1) is 4.92 Å². The first kappa shape index (κ1) is 19.1. The number of rotatable bonds is 6. The minimum Gasteiger partial charge on any atom is -0.489 e. The van der Waals surface area contributed by atoms with Crippen molar-refractivity contribution in [2.75, 3.05) is 5.32 Å². The van der Waals surface area contributed by atoms with E-state index in [9.17, 15) is 14.9 Å². The Morgan fingerprint density at radius 3 is 2.29 bits per heavy atom. The van der Waals surface area contributed by atoms with Crippen molar-refractivity contribution in [2.24, 2.45) is 0 Å². The van der Waals surface area contributed by atoms with Crippen LogP contribution in [-0.2, 0) is 6.61 Å². The number of carbonyl (C=O) groups is 1. The van der Waals surface area contributed by atoms with E-state index in [1.807, 2.05) is 43.3 Å². The van der Waals surface area contributed by atoms with Crippen LogP contribution in [0.3, 0.4) is 0 Å². The number of hydrogen-bond acceptors (Lipinski definition) is 4. The van der Waals surface area contributed by atoms with Gasteiger partial charge in [-0.3, -0.25) is 14.9 Å². The number of aryl methyl sites for hydroxylation is 2. The fourth-order valence-corrected chi connectivity index (χ4v) is 2.65. The van der Waals surface area contributed by atoms with E-state index in [1.54, 1.807) is 19.1 Å². The molecule has 0 spiro atoms. The maximum Gasteiger partial charge on any atom is 0.269 e. The zero-order chi connectivity index (χ0) is 20.1. The molecule has 3 rings (SSSR count). The summed E-state index contributed by atoms with van der Waals surface area (Å²) < 4.78 is 5.73. The molecule has 6 heteroatoms. The van der Waals surface area contributed by atoms with Crippen LogP contribution >= 0.6 is 0 Å². The minimum absolute atomic E-state index is 0.00608. The molecule has 0 saturated heterocycles. The Balaban J connectivity index is 1.62. The normalized spacial score (nSPS) is 10.4. The number of carbonyl (C=O) groups excluding carboxylic acids is 1. The van der Waals surface area contributed by atoms with Gasteiger partial charge in [0.2, 0.25) is 0 Å². The van der Waals surface area contributed by atoms with Gasteiger partial charge in [0.15, 0.2) is 0 Å². The van der Waals surface area contributed by atoms with E-state index in [-0.39, 0.29) is 11.6 Å². The van der Waals surface area contributed by atoms with E-state index in [4.69, 9.17) is 4.74 Å². The van der Waals surface area contributed by atoms with Crippen LogP contribution in [0.2, 0.25) is 0 Å². The molecule has 0 aliphatic carbocycles. The predicted molar refractivity (Wildman–Crippen MR) is 108 cm³/mol. The summed E-state index contributed by atoms with van der Waals surface area (Å²) in [5, 5.41) is 13.6. The van der Waals surface area contributed by atoms with Crippen molar-refractivity contribution >= 4 is 17.3 Å². The Kier molecular flexibility index (Phi) is 5.69. The molecule has 1 N–H and O–H groups in total. The fraction of sp³-hybridized carbons (Fsp3) is 0.136. The molecule has 28 heavy (non-hydrogen) atoms. The highest BCUT2D eigenvalue weighted by molar-refractivity contribution is 6.04. The highest BCUT2D eigenvalue weighted by Gasteiger charge is 2.11. The van der Waals surface area contributed by atoms with E-state index in [0.29, 0.717) is 23.4 Å². The third-order valence-electron chi connectivity index (χ3n) is 4.31. The van der Waals surface area contributed by atoms with Crippen LogP contribution in [0.5, 0.6) is 5.75 Å². The zero-order valence-electron chi connectivity index (χ0n) is 15.6. The van der Waals surface area contributed by atoms with E-state index >= 15 is 0 Å². The number of nitro benzene ring substituents is 1.